The minimum Gasteiger partial charge on any atom is -0.392 e. The normalized spacial score (nSPS) is 29.8. The molecule has 2 heteroatoms. The lowest BCUT2D eigenvalue weighted by molar-refractivity contribution is 0.0966. The predicted molar refractivity (Wildman–Crippen MR) is 74.0 cm³/mol. The van der Waals surface area contributed by atoms with Crippen LogP contribution >= 0.6 is 0 Å². The molecule has 0 amide bonds. The molecule has 0 saturated heterocycles. The third-order valence-electron chi connectivity index (χ3n) is 4.52. The lowest BCUT2D eigenvalue weighted by Crippen LogP contribution is -2.40. The molecular formula is C15H31NO. The minimum absolute atomic E-state index is 0.180. The summed E-state index contributed by atoms with van der Waals surface area (Å²) in [6, 6.07) is 0.592. The summed E-state index contributed by atoms with van der Waals surface area (Å²) in [6.07, 6.45) is 4.51. The average molecular weight is 241 g/mol. The Morgan fingerprint density at radius 2 is 1.82 bits per heavy atom. The first kappa shape index (κ1) is 15.0. The SMILES string of the molecule is CCC(CC)C(O)CNC1CC(C)(C)CC1C. The van der Waals surface area contributed by atoms with Crippen molar-refractivity contribution in [2.45, 2.75) is 72.4 Å². The fourth-order valence-corrected chi connectivity index (χ4v) is 3.44. The van der Waals surface area contributed by atoms with E-state index in [1.807, 2.05) is 0 Å². The Kier molecular flexibility index (Phi) is 5.46. The molecule has 0 heterocycles. The summed E-state index contributed by atoms with van der Waals surface area (Å²) in [5, 5.41) is 13.7. The second-order valence-corrected chi connectivity index (χ2v) is 6.71. The first-order valence-electron chi connectivity index (χ1n) is 7.31. The lowest BCUT2D eigenvalue weighted by atomic mass is 9.91. The fraction of sp³-hybridized carbons (Fsp3) is 1.00. The Balaban J connectivity index is 2.36. The molecule has 1 aliphatic carbocycles. The van der Waals surface area contributed by atoms with Crippen LogP contribution in [0.25, 0.3) is 0 Å². The van der Waals surface area contributed by atoms with E-state index in [1.54, 1.807) is 0 Å². The maximum Gasteiger partial charge on any atom is 0.0692 e. The highest BCUT2D eigenvalue weighted by Crippen LogP contribution is 2.40. The molecule has 0 bridgehead atoms. The molecule has 0 aromatic carbocycles. The van der Waals surface area contributed by atoms with Gasteiger partial charge in [-0.05, 0) is 30.1 Å². The van der Waals surface area contributed by atoms with Crippen molar-refractivity contribution in [3.05, 3.63) is 0 Å². The van der Waals surface area contributed by atoms with Crippen LogP contribution in [0, 0.1) is 17.3 Å². The first-order chi connectivity index (χ1) is 7.89. The van der Waals surface area contributed by atoms with Gasteiger partial charge < -0.3 is 10.4 Å². The van der Waals surface area contributed by atoms with E-state index >= 15 is 0 Å². The average Bonchev–Trinajstić information content (AvgIpc) is 2.50. The van der Waals surface area contributed by atoms with Crippen molar-refractivity contribution in [2.75, 3.05) is 6.54 Å². The molecule has 2 N–H and O–H groups in total. The van der Waals surface area contributed by atoms with Crippen LogP contribution in [-0.2, 0) is 0 Å². The summed E-state index contributed by atoms with van der Waals surface area (Å²) in [4.78, 5) is 0. The summed E-state index contributed by atoms with van der Waals surface area (Å²) in [7, 11) is 0. The standard InChI is InChI=1S/C15H31NO/c1-6-12(7-2)14(17)10-16-13-9-15(4,5)8-11(13)3/h11-14,16-17H,6-10H2,1-5H3. The number of aliphatic hydroxyl groups excluding tert-OH is 1. The van der Waals surface area contributed by atoms with Gasteiger partial charge in [0.2, 0.25) is 0 Å². The Morgan fingerprint density at radius 3 is 2.24 bits per heavy atom. The first-order valence-corrected chi connectivity index (χ1v) is 7.31. The quantitative estimate of drug-likeness (QED) is 0.748. The van der Waals surface area contributed by atoms with Crippen LogP contribution in [0.1, 0.15) is 60.3 Å². The van der Waals surface area contributed by atoms with Crippen molar-refractivity contribution in [3.8, 4) is 0 Å². The van der Waals surface area contributed by atoms with E-state index < -0.39 is 0 Å². The van der Waals surface area contributed by atoms with Crippen molar-refractivity contribution in [1.29, 1.82) is 0 Å². The fourth-order valence-electron chi connectivity index (χ4n) is 3.44. The van der Waals surface area contributed by atoms with Crippen molar-refractivity contribution in [2.24, 2.45) is 17.3 Å². The molecule has 1 fully saturated rings. The minimum atomic E-state index is -0.180. The zero-order valence-electron chi connectivity index (χ0n) is 12.3. The maximum absolute atomic E-state index is 10.1. The summed E-state index contributed by atoms with van der Waals surface area (Å²) in [5.74, 6) is 1.19. The third-order valence-corrected chi connectivity index (χ3v) is 4.52. The Bertz CT molecular complexity index is 223. The van der Waals surface area contributed by atoms with E-state index in [2.05, 4.69) is 39.9 Å². The molecule has 1 saturated carbocycles. The number of hydrogen-bond donors (Lipinski definition) is 2. The van der Waals surface area contributed by atoms with Crippen LogP contribution in [0.5, 0.6) is 0 Å². The highest BCUT2D eigenvalue weighted by molar-refractivity contribution is 4.91. The van der Waals surface area contributed by atoms with Gasteiger partial charge in [0, 0.05) is 12.6 Å². The molecule has 0 aromatic rings. The molecule has 0 radical (unpaired) electrons. The molecule has 0 spiro atoms. The van der Waals surface area contributed by atoms with Gasteiger partial charge in [-0.3, -0.25) is 0 Å². The van der Waals surface area contributed by atoms with E-state index in [9.17, 15) is 5.11 Å². The molecule has 0 aliphatic heterocycles. The summed E-state index contributed by atoms with van der Waals surface area (Å²) < 4.78 is 0. The largest absolute Gasteiger partial charge is 0.392 e. The predicted octanol–water partition coefficient (Wildman–Crippen LogP) is 3.20. The zero-order valence-corrected chi connectivity index (χ0v) is 12.3. The van der Waals surface area contributed by atoms with E-state index in [1.165, 1.54) is 12.8 Å². The van der Waals surface area contributed by atoms with Gasteiger partial charge in [0.25, 0.3) is 0 Å². The second-order valence-electron chi connectivity index (χ2n) is 6.71. The van der Waals surface area contributed by atoms with Crippen LogP contribution in [0.15, 0.2) is 0 Å². The van der Waals surface area contributed by atoms with E-state index in [0.717, 1.165) is 25.3 Å². The molecule has 102 valence electrons. The molecule has 1 aliphatic rings. The lowest BCUT2D eigenvalue weighted by Gasteiger charge is -2.24. The van der Waals surface area contributed by atoms with Crippen LogP contribution < -0.4 is 5.32 Å². The summed E-state index contributed by atoms with van der Waals surface area (Å²) in [6.45, 7) is 12.1. The summed E-state index contributed by atoms with van der Waals surface area (Å²) >= 11 is 0. The monoisotopic (exact) mass is 241 g/mol. The molecule has 2 nitrogen and oxygen atoms in total. The highest BCUT2D eigenvalue weighted by Gasteiger charge is 2.36. The zero-order chi connectivity index (χ0) is 13.1. The van der Waals surface area contributed by atoms with Crippen molar-refractivity contribution in [1.82, 2.24) is 5.32 Å². The van der Waals surface area contributed by atoms with Gasteiger partial charge in [-0.1, -0.05) is 47.5 Å². The Hall–Kier alpha value is -0.0800. The Morgan fingerprint density at radius 1 is 1.24 bits per heavy atom. The molecule has 17 heavy (non-hydrogen) atoms. The van der Waals surface area contributed by atoms with Gasteiger partial charge >= 0.3 is 0 Å². The topological polar surface area (TPSA) is 32.3 Å². The van der Waals surface area contributed by atoms with E-state index in [-0.39, 0.29) is 6.10 Å². The molecule has 3 unspecified atom stereocenters. The van der Waals surface area contributed by atoms with E-state index in [4.69, 9.17) is 0 Å². The molecule has 1 rings (SSSR count). The van der Waals surface area contributed by atoms with Gasteiger partial charge in [-0.2, -0.15) is 0 Å². The van der Waals surface area contributed by atoms with Crippen LogP contribution in [0.2, 0.25) is 0 Å². The van der Waals surface area contributed by atoms with E-state index in [0.29, 0.717) is 17.4 Å². The molecule has 3 atom stereocenters. The van der Waals surface area contributed by atoms with Gasteiger partial charge in [-0.15, -0.1) is 0 Å². The van der Waals surface area contributed by atoms with Crippen LogP contribution in [0.4, 0.5) is 0 Å². The molecule has 0 aromatic heterocycles. The number of rotatable bonds is 6. The second kappa shape index (κ2) is 6.19. The van der Waals surface area contributed by atoms with Gasteiger partial charge in [0.05, 0.1) is 6.10 Å². The van der Waals surface area contributed by atoms with Crippen molar-refractivity contribution < 1.29 is 5.11 Å². The molecular weight excluding hydrogens is 210 g/mol. The van der Waals surface area contributed by atoms with Gasteiger partial charge in [0.1, 0.15) is 0 Å². The van der Waals surface area contributed by atoms with Crippen LogP contribution in [0.3, 0.4) is 0 Å². The third kappa shape index (κ3) is 4.26. The number of hydrogen-bond acceptors (Lipinski definition) is 2. The van der Waals surface area contributed by atoms with Gasteiger partial charge in [-0.25, -0.2) is 0 Å². The number of nitrogens with one attached hydrogen (secondary N) is 1. The Labute approximate surface area is 107 Å². The summed E-state index contributed by atoms with van der Waals surface area (Å²) in [5.41, 5.74) is 0.469. The maximum atomic E-state index is 10.1. The number of aliphatic hydroxyl groups is 1. The van der Waals surface area contributed by atoms with Crippen molar-refractivity contribution >= 4 is 0 Å². The highest BCUT2D eigenvalue weighted by atomic mass is 16.3. The van der Waals surface area contributed by atoms with Crippen molar-refractivity contribution in [3.63, 3.8) is 0 Å². The smallest absolute Gasteiger partial charge is 0.0692 e. The van der Waals surface area contributed by atoms with Crippen LogP contribution in [-0.4, -0.2) is 23.8 Å². The van der Waals surface area contributed by atoms with Gasteiger partial charge in [0.15, 0.2) is 0 Å².